The van der Waals surface area contributed by atoms with Gasteiger partial charge in [-0.15, -0.1) is 0 Å². The fourth-order valence-corrected chi connectivity index (χ4v) is 2.81. The molecule has 0 spiro atoms. The fraction of sp³-hybridized carbons (Fsp3) is 0.667. The molecular formula is C15H21N3. The third kappa shape index (κ3) is 3.29. The van der Waals surface area contributed by atoms with Crippen LogP contribution < -0.4 is 0 Å². The molecule has 18 heavy (non-hydrogen) atoms. The first kappa shape index (κ1) is 13.0. The molecule has 0 atom stereocenters. The van der Waals surface area contributed by atoms with Gasteiger partial charge in [-0.3, -0.25) is 0 Å². The summed E-state index contributed by atoms with van der Waals surface area (Å²) in [5, 5.41) is 8.73. The van der Waals surface area contributed by atoms with Crippen LogP contribution >= 0.6 is 0 Å². The Morgan fingerprint density at radius 3 is 2.44 bits per heavy atom. The highest BCUT2D eigenvalue weighted by atomic mass is 14.9. The maximum atomic E-state index is 8.73. The summed E-state index contributed by atoms with van der Waals surface area (Å²) >= 11 is 0. The molecule has 1 fully saturated rings. The van der Waals surface area contributed by atoms with E-state index in [9.17, 15) is 0 Å². The molecule has 2 rings (SSSR count). The Morgan fingerprint density at radius 1 is 1.22 bits per heavy atom. The van der Waals surface area contributed by atoms with Gasteiger partial charge in [0.15, 0.2) is 0 Å². The molecule has 0 aliphatic heterocycles. The number of unbranched alkanes of at least 4 members (excludes halogenated alkanes) is 1. The molecule has 0 N–H and O–H groups in total. The summed E-state index contributed by atoms with van der Waals surface area (Å²) in [6.45, 7) is 2.26. The maximum Gasteiger partial charge on any atom is 0.131 e. The van der Waals surface area contributed by atoms with E-state index in [2.05, 4.69) is 23.0 Å². The van der Waals surface area contributed by atoms with Gasteiger partial charge < -0.3 is 0 Å². The van der Waals surface area contributed by atoms with Gasteiger partial charge >= 0.3 is 0 Å². The molecule has 3 nitrogen and oxygen atoms in total. The van der Waals surface area contributed by atoms with E-state index in [4.69, 9.17) is 5.26 Å². The van der Waals surface area contributed by atoms with Crippen molar-refractivity contribution in [2.24, 2.45) is 5.92 Å². The molecule has 1 aromatic heterocycles. The third-order valence-electron chi connectivity index (χ3n) is 3.98. The quantitative estimate of drug-likeness (QED) is 0.807. The lowest BCUT2D eigenvalue weighted by molar-refractivity contribution is 0.298. The van der Waals surface area contributed by atoms with E-state index in [1.807, 2.05) is 0 Å². The Balaban J connectivity index is 1.87. The molecular weight excluding hydrogens is 222 g/mol. The first-order valence-electron chi connectivity index (χ1n) is 7.05. The molecule has 0 radical (unpaired) electrons. The van der Waals surface area contributed by atoms with Crippen LogP contribution in [0.5, 0.6) is 0 Å². The van der Waals surface area contributed by atoms with Crippen LogP contribution in [0.1, 0.15) is 69.2 Å². The highest BCUT2D eigenvalue weighted by Gasteiger charge is 2.23. The molecule has 0 aromatic carbocycles. The van der Waals surface area contributed by atoms with Crippen molar-refractivity contribution in [3.05, 3.63) is 23.8 Å². The van der Waals surface area contributed by atoms with Gasteiger partial charge in [-0.1, -0.05) is 26.2 Å². The van der Waals surface area contributed by atoms with Crippen molar-refractivity contribution in [3.8, 4) is 6.07 Å². The minimum atomic E-state index is 0.510. The van der Waals surface area contributed by atoms with E-state index in [0.29, 0.717) is 11.5 Å². The number of hydrogen-bond acceptors (Lipinski definition) is 3. The average Bonchev–Trinajstić information content (AvgIpc) is 2.46. The van der Waals surface area contributed by atoms with E-state index in [0.717, 1.165) is 11.7 Å². The molecule has 1 aliphatic carbocycles. The van der Waals surface area contributed by atoms with E-state index in [1.54, 1.807) is 12.4 Å². The van der Waals surface area contributed by atoms with Gasteiger partial charge in [-0.25, -0.2) is 9.97 Å². The van der Waals surface area contributed by atoms with E-state index in [-0.39, 0.29) is 0 Å². The van der Waals surface area contributed by atoms with Gasteiger partial charge in [-0.2, -0.15) is 5.26 Å². The van der Waals surface area contributed by atoms with Crippen LogP contribution in [0, 0.1) is 17.2 Å². The second-order valence-corrected chi connectivity index (χ2v) is 5.30. The van der Waals surface area contributed by atoms with Crippen molar-refractivity contribution >= 4 is 0 Å². The zero-order chi connectivity index (χ0) is 12.8. The average molecular weight is 243 g/mol. The molecule has 0 amide bonds. The minimum Gasteiger partial charge on any atom is -0.240 e. The molecule has 3 heteroatoms. The Bertz CT molecular complexity index is 397. The van der Waals surface area contributed by atoms with Crippen molar-refractivity contribution in [2.75, 3.05) is 0 Å². The number of nitrogens with zero attached hydrogens (tertiary/aromatic N) is 3. The SMILES string of the molecule is CCCCC1CCC(c2ncc(C#N)cn2)CC1. The minimum absolute atomic E-state index is 0.510. The van der Waals surface area contributed by atoms with Crippen molar-refractivity contribution in [3.63, 3.8) is 0 Å². The molecule has 0 bridgehead atoms. The number of hydrogen-bond donors (Lipinski definition) is 0. The Kier molecular flexibility index (Phi) is 4.69. The lowest BCUT2D eigenvalue weighted by atomic mass is 9.79. The highest BCUT2D eigenvalue weighted by molar-refractivity contribution is 5.22. The van der Waals surface area contributed by atoms with Crippen molar-refractivity contribution in [1.82, 2.24) is 9.97 Å². The van der Waals surface area contributed by atoms with Gasteiger partial charge in [-0.05, 0) is 31.6 Å². The molecule has 96 valence electrons. The van der Waals surface area contributed by atoms with Crippen LogP contribution in [0.15, 0.2) is 12.4 Å². The zero-order valence-electron chi connectivity index (χ0n) is 11.1. The van der Waals surface area contributed by atoms with Crippen molar-refractivity contribution in [2.45, 2.75) is 57.8 Å². The van der Waals surface area contributed by atoms with Gasteiger partial charge in [0.1, 0.15) is 11.9 Å². The summed E-state index contributed by atoms with van der Waals surface area (Å²) in [7, 11) is 0. The maximum absolute atomic E-state index is 8.73. The smallest absolute Gasteiger partial charge is 0.131 e. The summed E-state index contributed by atoms with van der Waals surface area (Å²) < 4.78 is 0. The van der Waals surface area contributed by atoms with Gasteiger partial charge in [0.25, 0.3) is 0 Å². The monoisotopic (exact) mass is 243 g/mol. The number of rotatable bonds is 4. The topological polar surface area (TPSA) is 49.6 Å². The Morgan fingerprint density at radius 2 is 1.89 bits per heavy atom. The Labute approximate surface area is 109 Å². The van der Waals surface area contributed by atoms with E-state index < -0.39 is 0 Å². The van der Waals surface area contributed by atoms with Crippen LogP contribution in [-0.2, 0) is 0 Å². The van der Waals surface area contributed by atoms with E-state index >= 15 is 0 Å². The first-order chi connectivity index (χ1) is 8.83. The second-order valence-electron chi connectivity index (χ2n) is 5.30. The van der Waals surface area contributed by atoms with Crippen molar-refractivity contribution in [1.29, 1.82) is 5.26 Å². The Hall–Kier alpha value is -1.43. The molecule has 0 saturated heterocycles. The summed E-state index contributed by atoms with van der Waals surface area (Å²) in [6.07, 6.45) is 12.4. The van der Waals surface area contributed by atoms with Gasteiger partial charge in [0, 0.05) is 18.3 Å². The lowest BCUT2D eigenvalue weighted by Gasteiger charge is -2.27. The lowest BCUT2D eigenvalue weighted by Crippen LogP contribution is -2.15. The standard InChI is InChI=1S/C15H21N3/c1-2-3-4-12-5-7-14(8-6-12)15-17-10-13(9-16)11-18-15/h10-12,14H,2-8H2,1H3. The number of aromatic nitrogens is 2. The molecule has 1 heterocycles. The molecule has 0 unspecified atom stereocenters. The second kappa shape index (κ2) is 6.49. The molecule has 1 aromatic rings. The largest absolute Gasteiger partial charge is 0.240 e. The van der Waals surface area contributed by atoms with Crippen LogP contribution in [0.4, 0.5) is 0 Å². The van der Waals surface area contributed by atoms with Gasteiger partial charge in [0.05, 0.1) is 5.56 Å². The van der Waals surface area contributed by atoms with Crippen LogP contribution in [-0.4, -0.2) is 9.97 Å². The normalized spacial score (nSPS) is 23.6. The molecule has 1 saturated carbocycles. The van der Waals surface area contributed by atoms with Crippen LogP contribution in [0.25, 0.3) is 0 Å². The summed E-state index contributed by atoms with van der Waals surface area (Å²) in [4.78, 5) is 8.65. The summed E-state index contributed by atoms with van der Waals surface area (Å²) in [5.74, 6) is 2.36. The van der Waals surface area contributed by atoms with Crippen molar-refractivity contribution < 1.29 is 0 Å². The molecule has 1 aliphatic rings. The predicted octanol–water partition coefficient (Wildman–Crippen LogP) is 3.81. The highest BCUT2D eigenvalue weighted by Crippen LogP contribution is 2.36. The fourth-order valence-electron chi connectivity index (χ4n) is 2.81. The first-order valence-corrected chi connectivity index (χ1v) is 7.05. The van der Waals surface area contributed by atoms with Gasteiger partial charge in [0.2, 0.25) is 0 Å². The predicted molar refractivity (Wildman–Crippen MR) is 71.0 cm³/mol. The van der Waals surface area contributed by atoms with Crippen LogP contribution in [0.3, 0.4) is 0 Å². The summed E-state index contributed by atoms with van der Waals surface area (Å²) in [5.41, 5.74) is 0.551. The van der Waals surface area contributed by atoms with Crippen LogP contribution in [0.2, 0.25) is 0 Å². The number of nitriles is 1. The summed E-state index contributed by atoms with van der Waals surface area (Å²) in [6, 6.07) is 2.06. The van der Waals surface area contributed by atoms with E-state index in [1.165, 1.54) is 44.9 Å². The third-order valence-corrected chi connectivity index (χ3v) is 3.98. The zero-order valence-corrected chi connectivity index (χ0v) is 11.1.